The van der Waals surface area contributed by atoms with Crippen molar-refractivity contribution in [1.29, 1.82) is 0 Å². The third-order valence-corrected chi connectivity index (χ3v) is 7.96. The van der Waals surface area contributed by atoms with E-state index >= 15 is 0 Å². The van der Waals surface area contributed by atoms with Crippen LogP contribution in [0.1, 0.15) is 23.3 Å². The molecule has 0 radical (unpaired) electrons. The predicted octanol–water partition coefficient (Wildman–Crippen LogP) is 4.98. The van der Waals surface area contributed by atoms with Gasteiger partial charge in [-0.25, -0.2) is 4.98 Å². The number of rotatable bonds is 7. The molecule has 5 nitrogen and oxygen atoms in total. The zero-order valence-electron chi connectivity index (χ0n) is 16.8. The Labute approximate surface area is 188 Å². The number of allylic oxidation sites excluding steroid dienone is 1. The van der Waals surface area contributed by atoms with Crippen molar-refractivity contribution in [2.24, 2.45) is 0 Å². The lowest BCUT2D eigenvalue weighted by Crippen LogP contribution is -2.24. The van der Waals surface area contributed by atoms with Gasteiger partial charge >= 0.3 is 0 Å². The molecule has 2 aromatic heterocycles. The van der Waals surface area contributed by atoms with Gasteiger partial charge in [-0.1, -0.05) is 17.8 Å². The molecule has 8 heteroatoms. The summed E-state index contributed by atoms with van der Waals surface area (Å²) in [5.74, 6) is 0.0617. The van der Waals surface area contributed by atoms with E-state index in [4.69, 9.17) is 4.98 Å². The van der Waals surface area contributed by atoms with E-state index in [9.17, 15) is 9.59 Å². The Kier molecular flexibility index (Phi) is 6.65. The van der Waals surface area contributed by atoms with Gasteiger partial charge in [-0.05, 0) is 61.8 Å². The summed E-state index contributed by atoms with van der Waals surface area (Å²) in [4.78, 5) is 33.7. The molecule has 1 aliphatic carbocycles. The first-order chi connectivity index (χ1) is 14.6. The number of benzene rings is 1. The first-order valence-corrected chi connectivity index (χ1v) is 12.9. The number of thiophene rings is 1. The highest BCUT2D eigenvalue weighted by Gasteiger charge is 2.22. The maximum atomic E-state index is 13.2. The van der Waals surface area contributed by atoms with Crippen LogP contribution in [0.15, 0.2) is 51.8 Å². The lowest BCUT2D eigenvalue weighted by molar-refractivity contribution is -0.113. The van der Waals surface area contributed by atoms with Gasteiger partial charge in [0.1, 0.15) is 4.83 Å². The number of aromatic nitrogens is 2. The van der Waals surface area contributed by atoms with Crippen LogP contribution in [-0.4, -0.2) is 27.5 Å². The quantitative estimate of drug-likeness (QED) is 0.308. The third-order valence-electron chi connectivity index (χ3n) is 5.06. The summed E-state index contributed by atoms with van der Waals surface area (Å²) in [6.45, 7) is 4.16. The number of nitrogens with one attached hydrogen (secondary N) is 1. The Morgan fingerprint density at radius 1 is 1.30 bits per heavy atom. The Morgan fingerprint density at radius 3 is 2.80 bits per heavy atom. The largest absolute Gasteiger partial charge is 0.325 e. The second kappa shape index (κ2) is 9.41. The molecule has 0 saturated heterocycles. The van der Waals surface area contributed by atoms with Crippen LogP contribution in [-0.2, 0) is 24.2 Å². The number of nitrogens with zero attached hydrogens (tertiary/aromatic N) is 2. The highest BCUT2D eigenvalue weighted by molar-refractivity contribution is 7.99. The van der Waals surface area contributed by atoms with Gasteiger partial charge in [0, 0.05) is 22.0 Å². The number of anilines is 1. The van der Waals surface area contributed by atoms with Crippen LogP contribution in [0, 0.1) is 0 Å². The molecule has 30 heavy (non-hydrogen) atoms. The fraction of sp³-hybridized carbons (Fsp3) is 0.318. The summed E-state index contributed by atoms with van der Waals surface area (Å²) >= 11 is 4.58. The molecule has 0 spiro atoms. The highest BCUT2D eigenvalue weighted by atomic mass is 32.2. The van der Waals surface area contributed by atoms with Gasteiger partial charge in [-0.15, -0.1) is 29.7 Å². The minimum Gasteiger partial charge on any atom is -0.325 e. The molecular weight excluding hydrogens is 434 g/mol. The Balaban J connectivity index is 1.56. The van der Waals surface area contributed by atoms with Gasteiger partial charge in [0.2, 0.25) is 5.91 Å². The minimum absolute atomic E-state index is 0.0186. The minimum atomic E-state index is -0.123. The molecule has 0 fully saturated rings. The average molecular weight is 458 g/mol. The molecule has 0 atom stereocenters. The number of fused-ring (bicyclic) bond motifs is 3. The molecule has 1 N–H and O–H groups in total. The van der Waals surface area contributed by atoms with Crippen molar-refractivity contribution in [3.63, 3.8) is 0 Å². The topological polar surface area (TPSA) is 64.0 Å². The normalized spacial score (nSPS) is 13.2. The number of carbonyl (C=O) groups excluding carboxylic acids is 1. The first-order valence-electron chi connectivity index (χ1n) is 9.83. The first kappa shape index (κ1) is 21.2. The maximum Gasteiger partial charge on any atom is 0.263 e. The van der Waals surface area contributed by atoms with Crippen LogP contribution in [0.25, 0.3) is 10.2 Å². The second-order valence-electron chi connectivity index (χ2n) is 7.06. The van der Waals surface area contributed by atoms with Gasteiger partial charge in [-0.3, -0.25) is 14.2 Å². The summed E-state index contributed by atoms with van der Waals surface area (Å²) in [6.07, 6.45) is 7.97. The van der Waals surface area contributed by atoms with Crippen molar-refractivity contribution in [3.8, 4) is 0 Å². The molecule has 0 aliphatic heterocycles. The number of hydrogen-bond donors (Lipinski definition) is 1. The molecule has 1 aromatic carbocycles. The second-order valence-corrected chi connectivity index (χ2v) is 9.96. The third kappa shape index (κ3) is 4.36. The molecule has 0 bridgehead atoms. The summed E-state index contributed by atoms with van der Waals surface area (Å²) in [5, 5.41) is 4.24. The number of amides is 1. The zero-order valence-corrected chi connectivity index (χ0v) is 19.2. The summed E-state index contributed by atoms with van der Waals surface area (Å²) in [5.41, 5.74) is 1.92. The molecular formula is C22H23N3O2S3. The van der Waals surface area contributed by atoms with Crippen LogP contribution >= 0.6 is 34.9 Å². The molecule has 4 rings (SSSR count). The highest BCUT2D eigenvalue weighted by Crippen LogP contribution is 2.34. The predicted molar refractivity (Wildman–Crippen MR) is 128 cm³/mol. The smallest absolute Gasteiger partial charge is 0.263 e. The van der Waals surface area contributed by atoms with Gasteiger partial charge in [0.25, 0.3) is 5.56 Å². The number of hydrogen-bond acceptors (Lipinski definition) is 6. The summed E-state index contributed by atoms with van der Waals surface area (Å²) in [7, 11) is 0. The molecule has 0 unspecified atom stereocenters. The van der Waals surface area contributed by atoms with E-state index in [0.717, 1.165) is 40.1 Å². The maximum absolute atomic E-state index is 13.2. The lowest BCUT2D eigenvalue weighted by atomic mass is 9.97. The zero-order chi connectivity index (χ0) is 21.1. The number of carbonyl (C=O) groups is 1. The fourth-order valence-corrected chi connectivity index (χ4v) is 6.14. The van der Waals surface area contributed by atoms with Crippen molar-refractivity contribution in [2.75, 3.05) is 17.3 Å². The van der Waals surface area contributed by atoms with Crippen LogP contribution in [0.2, 0.25) is 0 Å². The van der Waals surface area contributed by atoms with Crippen molar-refractivity contribution in [1.82, 2.24) is 9.55 Å². The molecule has 3 aromatic rings. The number of thioether (sulfide) groups is 2. The van der Waals surface area contributed by atoms with Gasteiger partial charge in [-0.2, -0.15) is 0 Å². The SMILES string of the molecule is C=CCn1c(SCC(=O)Nc2ccc(SC)cc2)nc2sc3c(c2c1=O)CCCC3. The fourth-order valence-electron chi connectivity index (χ4n) is 3.62. The molecule has 156 valence electrons. The van der Waals surface area contributed by atoms with Crippen molar-refractivity contribution >= 4 is 56.7 Å². The molecule has 1 amide bonds. The van der Waals surface area contributed by atoms with Gasteiger partial charge < -0.3 is 5.32 Å². The lowest BCUT2D eigenvalue weighted by Gasteiger charge is -2.12. The van der Waals surface area contributed by atoms with E-state index in [-0.39, 0.29) is 17.2 Å². The Hall–Kier alpha value is -2.03. The Bertz CT molecular complexity index is 1150. The molecule has 2 heterocycles. The van der Waals surface area contributed by atoms with Crippen LogP contribution in [0.5, 0.6) is 0 Å². The van der Waals surface area contributed by atoms with Crippen LogP contribution < -0.4 is 10.9 Å². The monoisotopic (exact) mass is 457 g/mol. The van der Waals surface area contributed by atoms with Crippen molar-refractivity contribution in [2.45, 2.75) is 42.3 Å². The van der Waals surface area contributed by atoms with Crippen molar-refractivity contribution < 1.29 is 4.79 Å². The average Bonchev–Trinajstić information content (AvgIpc) is 3.13. The van der Waals surface area contributed by atoms with E-state index in [1.165, 1.54) is 28.6 Å². The van der Waals surface area contributed by atoms with E-state index in [0.29, 0.717) is 11.7 Å². The van der Waals surface area contributed by atoms with E-state index in [2.05, 4.69) is 11.9 Å². The van der Waals surface area contributed by atoms with E-state index < -0.39 is 0 Å². The van der Waals surface area contributed by atoms with Gasteiger partial charge in [0.05, 0.1) is 11.1 Å². The van der Waals surface area contributed by atoms with Crippen LogP contribution in [0.3, 0.4) is 0 Å². The summed E-state index contributed by atoms with van der Waals surface area (Å²) in [6, 6.07) is 7.73. The molecule has 1 aliphatic rings. The van der Waals surface area contributed by atoms with Gasteiger partial charge in [0.15, 0.2) is 5.16 Å². The van der Waals surface area contributed by atoms with Crippen molar-refractivity contribution in [3.05, 3.63) is 57.7 Å². The Morgan fingerprint density at radius 2 is 2.07 bits per heavy atom. The van der Waals surface area contributed by atoms with Crippen LogP contribution in [0.4, 0.5) is 5.69 Å². The van der Waals surface area contributed by atoms with E-state index in [1.807, 2.05) is 30.5 Å². The summed E-state index contributed by atoms with van der Waals surface area (Å²) < 4.78 is 1.64. The standard InChI is InChI=1S/C22H23N3O2S3/c1-3-12-25-21(27)19-16-6-4-5-7-17(16)30-20(19)24-22(25)29-13-18(26)23-14-8-10-15(28-2)11-9-14/h3,8-11H,1,4-7,12-13H2,2H3,(H,23,26). The number of aryl methyl sites for hydroxylation is 2. The van der Waals surface area contributed by atoms with E-state index in [1.54, 1.807) is 33.7 Å². The molecule has 0 saturated carbocycles.